The van der Waals surface area contributed by atoms with E-state index in [4.69, 9.17) is 0 Å². The highest BCUT2D eigenvalue weighted by molar-refractivity contribution is 7.90. The van der Waals surface area contributed by atoms with Crippen molar-refractivity contribution in [3.05, 3.63) is 35.4 Å². The van der Waals surface area contributed by atoms with Crippen LogP contribution >= 0.6 is 0 Å². The van der Waals surface area contributed by atoms with Crippen molar-refractivity contribution in [2.45, 2.75) is 18.3 Å². The van der Waals surface area contributed by atoms with Crippen LogP contribution < -0.4 is 0 Å². The Hall–Kier alpha value is -1.18. The van der Waals surface area contributed by atoms with Gasteiger partial charge >= 0.3 is 6.18 Å². The minimum atomic E-state index is -4.57. The van der Waals surface area contributed by atoms with E-state index in [0.717, 1.165) is 12.1 Å². The smallest absolute Gasteiger partial charge is 0.228 e. The molecule has 102 valence electrons. The summed E-state index contributed by atoms with van der Waals surface area (Å²) in [5.74, 6) is -4.21. The fourth-order valence-electron chi connectivity index (χ4n) is 1.23. The molecule has 1 aromatic carbocycles. The molecule has 0 radical (unpaired) electrons. The molecule has 0 bridgehead atoms. The van der Waals surface area contributed by atoms with Gasteiger partial charge in [0, 0.05) is 0 Å². The minimum Gasteiger partial charge on any atom is -0.228 e. The predicted molar refractivity (Wildman–Crippen MR) is 54.5 cm³/mol. The van der Waals surface area contributed by atoms with Crippen molar-refractivity contribution < 1.29 is 30.4 Å². The predicted octanol–water partition coefficient (Wildman–Crippen LogP) is 2.83. The monoisotopic (exact) mass is 288 g/mol. The van der Waals surface area contributed by atoms with E-state index >= 15 is 0 Å². The lowest BCUT2D eigenvalue weighted by Gasteiger charge is -2.07. The molecule has 1 rings (SSSR count). The highest BCUT2D eigenvalue weighted by atomic mass is 32.2. The van der Waals surface area contributed by atoms with Crippen LogP contribution in [0.5, 0.6) is 0 Å². The van der Waals surface area contributed by atoms with Crippen LogP contribution in [0.2, 0.25) is 0 Å². The van der Waals surface area contributed by atoms with E-state index in [-0.39, 0.29) is 5.56 Å². The molecule has 0 aliphatic rings. The summed E-state index contributed by atoms with van der Waals surface area (Å²) in [6, 6.07) is 2.40. The second-order valence-electron chi connectivity index (χ2n) is 3.71. The van der Waals surface area contributed by atoms with Crippen LogP contribution in [0.25, 0.3) is 0 Å². The average Bonchev–Trinajstić information content (AvgIpc) is 2.20. The number of hydrogen-bond acceptors (Lipinski definition) is 2. The first-order valence-corrected chi connectivity index (χ1v) is 6.62. The summed E-state index contributed by atoms with van der Waals surface area (Å²) in [7, 11) is -4.01. The Labute approximate surface area is 100 Å². The molecule has 0 aliphatic carbocycles. The molecule has 0 amide bonds. The van der Waals surface area contributed by atoms with Gasteiger partial charge in [-0.25, -0.2) is 17.2 Å². The van der Waals surface area contributed by atoms with Gasteiger partial charge in [0.25, 0.3) is 0 Å². The minimum absolute atomic E-state index is 0.0870. The molecule has 0 unspecified atom stereocenters. The van der Waals surface area contributed by atoms with Crippen LogP contribution in [0.3, 0.4) is 0 Å². The third-order valence-electron chi connectivity index (χ3n) is 2.07. The Balaban J connectivity index is 2.74. The lowest BCUT2D eigenvalue weighted by Crippen LogP contribution is -2.17. The van der Waals surface area contributed by atoms with Crippen molar-refractivity contribution in [2.75, 3.05) is 5.75 Å². The maximum atomic E-state index is 12.8. The zero-order valence-corrected chi connectivity index (χ0v) is 9.78. The molecule has 0 saturated carbocycles. The SMILES string of the molecule is O=S(=O)(CCC(F)(F)F)Cc1ccc(F)c(F)c1. The van der Waals surface area contributed by atoms with E-state index in [1.165, 1.54) is 0 Å². The molecule has 0 heterocycles. The van der Waals surface area contributed by atoms with Crippen molar-refractivity contribution >= 4 is 9.84 Å². The molecule has 0 aliphatic heterocycles. The number of alkyl halides is 3. The van der Waals surface area contributed by atoms with Crippen LogP contribution in [-0.2, 0) is 15.6 Å². The van der Waals surface area contributed by atoms with Crippen LogP contribution in [0.4, 0.5) is 22.0 Å². The van der Waals surface area contributed by atoms with Crippen LogP contribution in [-0.4, -0.2) is 20.3 Å². The molecule has 0 aromatic heterocycles. The number of sulfone groups is 1. The zero-order valence-electron chi connectivity index (χ0n) is 8.97. The maximum absolute atomic E-state index is 12.8. The molecule has 8 heteroatoms. The highest BCUT2D eigenvalue weighted by Crippen LogP contribution is 2.21. The summed E-state index contributed by atoms with van der Waals surface area (Å²) in [6.45, 7) is 0. The summed E-state index contributed by atoms with van der Waals surface area (Å²) in [4.78, 5) is 0. The lowest BCUT2D eigenvalue weighted by atomic mass is 10.2. The van der Waals surface area contributed by atoms with Gasteiger partial charge in [-0.15, -0.1) is 0 Å². The number of halogens is 5. The fraction of sp³-hybridized carbons (Fsp3) is 0.400. The van der Waals surface area contributed by atoms with Gasteiger partial charge in [0.2, 0.25) is 0 Å². The Morgan fingerprint density at radius 1 is 1.06 bits per heavy atom. The van der Waals surface area contributed by atoms with Crippen molar-refractivity contribution in [1.82, 2.24) is 0 Å². The van der Waals surface area contributed by atoms with E-state index in [2.05, 4.69) is 0 Å². The highest BCUT2D eigenvalue weighted by Gasteiger charge is 2.29. The molecular formula is C10H9F5O2S. The standard InChI is InChI=1S/C10H9F5O2S/c11-8-2-1-7(5-9(8)12)6-18(16,17)4-3-10(13,14)15/h1-2,5H,3-4,6H2. The largest absolute Gasteiger partial charge is 0.390 e. The maximum Gasteiger partial charge on any atom is 0.390 e. The van der Waals surface area contributed by atoms with E-state index in [1.807, 2.05) is 0 Å². The topological polar surface area (TPSA) is 34.1 Å². The summed E-state index contributed by atoms with van der Waals surface area (Å²) in [5, 5.41) is 0. The third-order valence-corrected chi connectivity index (χ3v) is 3.67. The molecule has 0 atom stereocenters. The van der Waals surface area contributed by atoms with E-state index in [1.54, 1.807) is 0 Å². The molecule has 0 fully saturated rings. The van der Waals surface area contributed by atoms with Crippen molar-refractivity contribution in [3.8, 4) is 0 Å². The third kappa shape index (κ3) is 4.99. The quantitative estimate of drug-likeness (QED) is 0.798. The number of rotatable bonds is 4. The molecular weight excluding hydrogens is 279 g/mol. The molecule has 0 saturated heterocycles. The molecule has 1 aromatic rings. The van der Waals surface area contributed by atoms with Crippen LogP contribution in [0.15, 0.2) is 18.2 Å². The second-order valence-corrected chi connectivity index (χ2v) is 5.89. The fourth-order valence-corrected chi connectivity index (χ4v) is 2.60. The van der Waals surface area contributed by atoms with Gasteiger partial charge in [-0.1, -0.05) is 6.07 Å². The van der Waals surface area contributed by atoms with Gasteiger partial charge in [-0.05, 0) is 17.7 Å². The van der Waals surface area contributed by atoms with Gasteiger partial charge in [0.15, 0.2) is 21.5 Å². The Morgan fingerprint density at radius 3 is 2.17 bits per heavy atom. The number of benzene rings is 1. The van der Waals surface area contributed by atoms with Gasteiger partial charge in [-0.3, -0.25) is 0 Å². The van der Waals surface area contributed by atoms with Gasteiger partial charge < -0.3 is 0 Å². The molecule has 18 heavy (non-hydrogen) atoms. The summed E-state index contributed by atoms with van der Waals surface area (Å²) in [5.41, 5.74) is -0.0870. The van der Waals surface area contributed by atoms with E-state index < -0.39 is 45.6 Å². The zero-order chi connectivity index (χ0) is 14.0. The Kier molecular flexibility index (Phi) is 4.31. The first kappa shape index (κ1) is 14.9. The van der Waals surface area contributed by atoms with Crippen LogP contribution in [0.1, 0.15) is 12.0 Å². The van der Waals surface area contributed by atoms with Gasteiger partial charge in [-0.2, -0.15) is 13.2 Å². The summed E-state index contributed by atoms with van der Waals surface area (Å²) < 4.78 is 83.6. The summed E-state index contributed by atoms with van der Waals surface area (Å²) >= 11 is 0. The normalized spacial score (nSPS) is 12.7. The van der Waals surface area contributed by atoms with Crippen molar-refractivity contribution in [1.29, 1.82) is 0 Å². The Morgan fingerprint density at radius 2 is 1.67 bits per heavy atom. The van der Waals surface area contributed by atoms with Gasteiger partial charge in [0.05, 0.1) is 17.9 Å². The molecule has 2 nitrogen and oxygen atoms in total. The van der Waals surface area contributed by atoms with Crippen molar-refractivity contribution in [3.63, 3.8) is 0 Å². The Bertz CT molecular complexity index is 522. The molecule has 0 spiro atoms. The van der Waals surface area contributed by atoms with E-state index in [0.29, 0.717) is 6.07 Å². The molecule has 0 N–H and O–H groups in total. The number of hydrogen-bond donors (Lipinski definition) is 0. The van der Waals surface area contributed by atoms with Gasteiger partial charge in [0.1, 0.15) is 0 Å². The first-order chi connectivity index (χ1) is 8.09. The second kappa shape index (κ2) is 5.21. The summed E-state index contributed by atoms with van der Waals surface area (Å²) in [6.07, 6.45) is -6.03. The lowest BCUT2D eigenvalue weighted by molar-refractivity contribution is -0.129. The average molecular weight is 288 g/mol. The van der Waals surface area contributed by atoms with Crippen molar-refractivity contribution in [2.24, 2.45) is 0 Å². The van der Waals surface area contributed by atoms with Crippen LogP contribution in [0, 0.1) is 11.6 Å². The van der Waals surface area contributed by atoms with E-state index in [9.17, 15) is 30.4 Å². The first-order valence-electron chi connectivity index (χ1n) is 4.80.